The molecule has 0 amide bonds. The predicted molar refractivity (Wildman–Crippen MR) is 87.5 cm³/mol. The molecule has 0 aliphatic heterocycles. The third-order valence-corrected chi connectivity index (χ3v) is 4.12. The number of aliphatic hydroxyl groups excluding tert-OH is 1. The maximum absolute atomic E-state index is 9.81. The molecule has 0 atom stereocenters. The Labute approximate surface area is 136 Å². The minimum atomic E-state index is -0.173. The van der Waals surface area contributed by atoms with Gasteiger partial charge in [0.05, 0.1) is 19.3 Å². The number of rotatable bonds is 4. The van der Waals surface area contributed by atoms with Crippen molar-refractivity contribution in [2.75, 3.05) is 7.11 Å². The fraction of sp³-hybridized carbons (Fsp3) is 0.118. The molecule has 5 heteroatoms. The molecule has 3 aromatic rings. The van der Waals surface area contributed by atoms with Gasteiger partial charge in [-0.1, -0.05) is 45.4 Å². The van der Waals surface area contributed by atoms with E-state index in [-0.39, 0.29) is 6.61 Å². The molecule has 1 aromatic heterocycles. The van der Waals surface area contributed by atoms with Crippen LogP contribution in [-0.4, -0.2) is 17.4 Å². The molecule has 0 saturated heterocycles. The van der Waals surface area contributed by atoms with E-state index in [1.165, 1.54) is 0 Å². The average Bonchev–Trinajstić information content (AvgIpc) is 2.98. The second kappa shape index (κ2) is 6.34. The van der Waals surface area contributed by atoms with E-state index in [4.69, 9.17) is 9.26 Å². The number of aliphatic hydroxyl groups is 1. The van der Waals surface area contributed by atoms with Gasteiger partial charge in [-0.3, -0.25) is 0 Å². The summed E-state index contributed by atoms with van der Waals surface area (Å²) < 4.78 is 11.8. The molecule has 0 aliphatic rings. The highest BCUT2D eigenvalue weighted by molar-refractivity contribution is 9.10. The van der Waals surface area contributed by atoms with Crippen LogP contribution in [0.15, 0.2) is 57.5 Å². The lowest BCUT2D eigenvalue weighted by molar-refractivity contribution is 0.281. The number of aromatic nitrogens is 1. The van der Waals surface area contributed by atoms with Gasteiger partial charge in [0.1, 0.15) is 11.4 Å². The fourth-order valence-electron chi connectivity index (χ4n) is 2.36. The van der Waals surface area contributed by atoms with E-state index >= 15 is 0 Å². The molecule has 0 radical (unpaired) electrons. The number of halogens is 1. The van der Waals surface area contributed by atoms with Crippen LogP contribution in [0.1, 0.15) is 5.56 Å². The zero-order valence-electron chi connectivity index (χ0n) is 11.9. The van der Waals surface area contributed by atoms with Crippen molar-refractivity contribution >= 4 is 15.9 Å². The molecule has 0 spiro atoms. The Morgan fingerprint density at radius 1 is 1.09 bits per heavy atom. The Balaban J connectivity index is 2.18. The summed E-state index contributed by atoms with van der Waals surface area (Å²) in [5.41, 5.74) is 2.86. The van der Waals surface area contributed by atoms with Crippen molar-refractivity contribution in [1.82, 2.24) is 5.16 Å². The SMILES string of the molecule is COc1ccccc1-c1noc(-c2ccccc2Br)c1CO. The first kappa shape index (κ1) is 14.8. The molecule has 0 saturated carbocycles. The zero-order chi connectivity index (χ0) is 15.5. The molecule has 2 aromatic carbocycles. The lowest BCUT2D eigenvalue weighted by atomic mass is 10.0. The maximum Gasteiger partial charge on any atom is 0.174 e. The summed E-state index contributed by atoms with van der Waals surface area (Å²) in [5.74, 6) is 1.24. The fourth-order valence-corrected chi connectivity index (χ4v) is 2.83. The second-order valence-electron chi connectivity index (χ2n) is 4.68. The molecule has 0 bridgehead atoms. The highest BCUT2D eigenvalue weighted by Crippen LogP contribution is 2.38. The van der Waals surface area contributed by atoms with E-state index in [9.17, 15) is 5.11 Å². The number of nitrogens with zero attached hydrogens (tertiary/aromatic N) is 1. The van der Waals surface area contributed by atoms with Gasteiger partial charge in [0, 0.05) is 15.6 Å². The molecule has 3 rings (SSSR count). The van der Waals surface area contributed by atoms with Crippen molar-refractivity contribution in [3.05, 3.63) is 58.6 Å². The summed E-state index contributed by atoms with van der Waals surface area (Å²) in [7, 11) is 1.60. The summed E-state index contributed by atoms with van der Waals surface area (Å²) in [5, 5.41) is 14.0. The summed E-state index contributed by atoms with van der Waals surface area (Å²) in [4.78, 5) is 0. The standard InChI is InChI=1S/C17H14BrNO3/c1-21-15-9-5-3-7-12(15)16-13(10-20)17(22-19-16)11-6-2-4-8-14(11)18/h2-9,20H,10H2,1H3. The smallest absolute Gasteiger partial charge is 0.174 e. The van der Waals surface area contributed by atoms with E-state index in [0.29, 0.717) is 22.8 Å². The van der Waals surface area contributed by atoms with Gasteiger partial charge in [-0.25, -0.2) is 0 Å². The largest absolute Gasteiger partial charge is 0.496 e. The van der Waals surface area contributed by atoms with Crippen molar-refractivity contribution < 1.29 is 14.4 Å². The van der Waals surface area contributed by atoms with Crippen molar-refractivity contribution in [2.45, 2.75) is 6.61 Å². The first-order chi connectivity index (χ1) is 10.8. The molecular formula is C17H14BrNO3. The van der Waals surface area contributed by atoms with Crippen molar-refractivity contribution in [3.8, 4) is 28.3 Å². The van der Waals surface area contributed by atoms with E-state index in [1.807, 2.05) is 48.5 Å². The zero-order valence-corrected chi connectivity index (χ0v) is 13.5. The van der Waals surface area contributed by atoms with Crippen LogP contribution in [0.5, 0.6) is 5.75 Å². The third-order valence-electron chi connectivity index (χ3n) is 3.43. The third kappa shape index (κ3) is 2.53. The van der Waals surface area contributed by atoms with Crippen LogP contribution in [0.3, 0.4) is 0 Å². The summed E-state index contributed by atoms with van der Waals surface area (Å²) in [6.07, 6.45) is 0. The van der Waals surface area contributed by atoms with E-state index in [0.717, 1.165) is 15.6 Å². The molecule has 4 nitrogen and oxygen atoms in total. The van der Waals surface area contributed by atoms with E-state index < -0.39 is 0 Å². The second-order valence-corrected chi connectivity index (χ2v) is 5.53. The van der Waals surface area contributed by atoms with Crippen LogP contribution in [0.2, 0.25) is 0 Å². The average molecular weight is 360 g/mol. The molecule has 112 valence electrons. The van der Waals surface area contributed by atoms with Gasteiger partial charge in [-0.05, 0) is 24.3 Å². The quantitative estimate of drug-likeness (QED) is 0.755. The predicted octanol–water partition coefficient (Wildman–Crippen LogP) is 4.27. The van der Waals surface area contributed by atoms with Crippen LogP contribution < -0.4 is 4.74 Å². The summed E-state index contributed by atoms with van der Waals surface area (Å²) >= 11 is 3.50. The molecule has 1 N–H and O–H groups in total. The number of hydrogen-bond acceptors (Lipinski definition) is 4. The van der Waals surface area contributed by atoms with Crippen molar-refractivity contribution in [3.63, 3.8) is 0 Å². The molecule has 22 heavy (non-hydrogen) atoms. The Bertz CT molecular complexity index is 798. The van der Waals surface area contributed by atoms with Crippen LogP contribution in [0, 0.1) is 0 Å². The Morgan fingerprint density at radius 2 is 1.77 bits per heavy atom. The van der Waals surface area contributed by atoms with Crippen molar-refractivity contribution in [1.29, 1.82) is 0 Å². The lowest BCUT2D eigenvalue weighted by Crippen LogP contribution is -1.92. The first-order valence-electron chi connectivity index (χ1n) is 6.74. The first-order valence-corrected chi connectivity index (χ1v) is 7.53. The van der Waals surface area contributed by atoms with Gasteiger partial charge in [0.15, 0.2) is 5.76 Å². The van der Waals surface area contributed by atoms with Crippen LogP contribution >= 0.6 is 15.9 Å². The van der Waals surface area contributed by atoms with Gasteiger partial charge in [-0.15, -0.1) is 0 Å². The molecule has 0 unspecified atom stereocenters. The number of methoxy groups -OCH3 is 1. The van der Waals surface area contributed by atoms with Gasteiger partial charge in [0.25, 0.3) is 0 Å². The summed E-state index contributed by atoms with van der Waals surface area (Å²) in [6.45, 7) is -0.173. The number of benzene rings is 2. The minimum Gasteiger partial charge on any atom is -0.496 e. The molecular weight excluding hydrogens is 346 g/mol. The minimum absolute atomic E-state index is 0.173. The van der Waals surface area contributed by atoms with Crippen LogP contribution in [-0.2, 0) is 6.61 Å². The maximum atomic E-state index is 9.81. The molecule has 1 heterocycles. The normalized spacial score (nSPS) is 10.7. The topological polar surface area (TPSA) is 55.5 Å². The van der Waals surface area contributed by atoms with Crippen LogP contribution in [0.25, 0.3) is 22.6 Å². The Hall–Kier alpha value is -2.11. The Morgan fingerprint density at radius 3 is 2.45 bits per heavy atom. The highest BCUT2D eigenvalue weighted by atomic mass is 79.9. The van der Waals surface area contributed by atoms with Gasteiger partial charge in [-0.2, -0.15) is 0 Å². The number of ether oxygens (including phenoxy) is 1. The molecule has 0 fully saturated rings. The summed E-state index contributed by atoms with van der Waals surface area (Å²) in [6, 6.07) is 15.2. The van der Waals surface area contributed by atoms with Gasteiger partial charge < -0.3 is 14.4 Å². The van der Waals surface area contributed by atoms with E-state index in [1.54, 1.807) is 7.11 Å². The monoisotopic (exact) mass is 359 g/mol. The highest BCUT2D eigenvalue weighted by Gasteiger charge is 2.21. The van der Waals surface area contributed by atoms with Gasteiger partial charge in [0.2, 0.25) is 0 Å². The Kier molecular flexibility index (Phi) is 4.27. The lowest BCUT2D eigenvalue weighted by Gasteiger charge is -2.07. The van der Waals surface area contributed by atoms with Crippen LogP contribution in [0.4, 0.5) is 0 Å². The van der Waals surface area contributed by atoms with Gasteiger partial charge >= 0.3 is 0 Å². The molecule has 0 aliphatic carbocycles. The number of hydrogen-bond donors (Lipinski definition) is 1. The van der Waals surface area contributed by atoms with Crippen molar-refractivity contribution in [2.24, 2.45) is 0 Å². The number of para-hydroxylation sites is 1. The van der Waals surface area contributed by atoms with E-state index in [2.05, 4.69) is 21.1 Å².